The Bertz CT molecular complexity index is 805. The molecule has 2 heterocycles. The molecule has 0 radical (unpaired) electrons. The second-order valence-corrected chi connectivity index (χ2v) is 5.18. The monoisotopic (exact) mass is 392 g/mol. The maximum atomic E-state index is 12.6. The molecule has 0 unspecified atom stereocenters. The average Bonchev–Trinajstić information content (AvgIpc) is 2.56. The molecule has 0 aliphatic heterocycles. The number of aromatic nitrogens is 3. The quantitative estimate of drug-likeness (QED) is 0.419. The van der Waals surface area contributed by atoms with E-state index >= 15 is 0 Å². The van der Waals surface area contributed by atoms with Crippen LogP contribution in [0, 0.1) is 10.1 Å². The molecule has 0 atom stereocenters. The van der Waals surface area contributed by atoms with Crippen LogP contribution in [-0.2, 0) is 10.9 Å². The van der Waals surface area contributed by atoms with Crippen molar-refractivity contribution in [3.8, 4) is 0 Å². The maximum absolute atomic E-state index is 12.6. The second kappa shape index (κ2) is 8.10. The van der Waals surface area contributed by atoms with Gasteiger partial charge in [0.05, 0.1) is 22.1 Å². The van der Waals surface area contributed by atoms with E-state index in [-0.39, 0.29) is 35.6 Å². The van der Waals surface area contributed by atoms with Crippen LogP contribution in [0.25, 0.3) is 0 Å². The van der Waals surface area contributed by atoms with Gasteiger partial charge in [0, 0.05) is 19.9 Å². The molecular weight excluding hydrogens is 381 g/mol. The summed E-state index contributed by atoms with van der Waals surface area (Å²) in [4.78, 5) is 21.7. The molecule has 0 aromatic carbocycles. The summed E-state index contributed by atoms with van der Waals surface area (Å²) in [5.41, 5.74) is -1.56. The molecule has 2 aromatic heterocycles. The lowest BCUT2D eigenvalue weighted by molar-refractivity contribution is -0.383. The Labute approximate surface area is 149 Å². The topological polar surface area (TPSA) is 115 Å². The molecule has 0 saturated heterocycles. The first kappa shape index (κ1) is 19.6. The Morgan fingerprint density at radius 2 is 1.96 bits per heavy atom. The largest absolute Gasteiger partial charge is 0.417 e. The minimum Gasteiger partial charge on any atom is -0.383 e. The van der Waals surface area contributed by atoms with Crippen molar-refractivity contribution < 1.29 is 22.8 Å². The molecule has 140 valence electrons. The molecule has 2 N–H and O–H groups in total. The van der Waals surface area contributed by atoms with E-state index in [1.807, 2.05) is 0 Å². The number of rotatable bonds is 7. The lowest BCUT2D eigenvalue weighted by Gasteiger charge is -2.11. The number of methoxy groups -OCH3 is 1. The molecule has 2 aromatic rings. The lowest BCUT2D eigenvalue weighted by Crippen LogP contribution is -2.12. The molecule has 26 heavy (non-hydrogen) atoms. The summed E-state index contributed by atoms with van der Waals surface area (Å²) in [6.45, 7) is 0.517. The van der Waals surface area contributed by atoms with Crippen LogP contribution in [0.4, 0.5) is 36.3 Å². The third kappa shape index (κ3) is 4.67. The van der Waals surface area contributed by atoms with Crippen molar-refractivity contribution in [2.45, 2.75) is 6.18 Å². The number of nitrogens with one attached hydrogen (secondary N) is 2. The molecule has 0 saturated carbocycles. The lowest BCUT2D eigenvalue weighted by atomic mass is 10.2. The molecule has 0 spiro atoms. The molecule has 0 aliphatic carbocycles. The summed E-state index contributed by atoms with van der Waals surface area (Å²) < 4.78 is 42.8. The summed E-state index contributed by atoms with van der Waals surface area (Å²) in [7, 11) is 1.46. The summed E-state index contributed by atoms with van der Waals surface area (Å²) in [6.07, 6.45) is -3.02. The Morgan fingerprint density at radius 1 is 1.27 bits per heavy atom. The van der Waals surface area contributed by atoms with Gasteiger partial charge in [0.2, 0.25) is 11.6 Å². The standard InChI is InChI=1S/C13H12ClF3N6O3/c1-26-3-2-18-11-9(23(24)25)12(21-6-20-11)22-10-8(14)4-7(5-19-10)13(15,16)17/h4-6H,2-3H2,1H3,(H2,18,19,20,21,22). The van der Waals surface area contributed by atoms with E-state index in [0.29, 0.717) is 12.3 Å². The highest BCUT2D eigenvalue weighted by Gasteiger charge is 2.32. The number of alkyl halides is 3. The average molecular weight is 393 g/mol. The van der Waals surface area contributed by atoms with E-state index < -0.39 is 22.4 Å². The minimum absolute atomic E-state index is 0.0902. The fraction of sp³-hybridized carbons (Fsp3) is 0.308. The zero-order valence-electron chi connectivity index (χ0n) is 13.2. The van der Waals surface area contributed by atoms with Crippen molar-refractivity contribution in [2.24, 2.45) is 0 Å². The van der Waals surface area contributed by atoms with Crippen LogP contribution in [0.5, 0.6) is 0 Å². The number of ether oxygens (including phenoxy) is 1. The summed E-state index contributed by atoms with van der Waals surface area (Å²) in [5, 5.41) is 16.1. The third-order valence-corrected chi connectivity index (χ3v) is 3.30. The number of nitro groups is 1. The number of hydrogen-bond donors (Lipinski definition) is 2. The van der Waals surface area contributed by atoms with Crippen LogP contribution in [-0.4, -0.2) is 40.1 Å². The van der Waals surface area contributed by atoms with E-state index in [1.165, 1.54) is 7.11 Å². The van der Waals surface area contributed by atoms with Crippen molar-refractivity contribution in [2.75, 3.05) is 30.9 Å². The van der Waals surface area contributed by atoms with Crippen molar-refractivity contribution >= 4 is 34.7 Å². The first-order valence-electron chi connectivity index (χ1n) is 6.96. The van der Waals surface area contributed by atoms with Crippen molar-refractivity contribution in [3.63, 3.8) is 0 Å². The first-order valence-corrected chi connectivity index (χ1v) is 7.33. The van der Waals surface area contributed by atoms with E-state index in [0.717, 1.165) is 6.33 Å². The maximum Gasteiger partial charge on any atom is 0.417 e. The summed E-state index contributed by atoms with van der Waals surface area (Å²) >= 11 is 5.79. The SMILES string of the molecule is COCCNc1ncnc(Nc2ncc(C(F)(F)F)cc2Cl)c1[N+](=O)[O-]. The van der Waals surface area contributed by atoms with Gasteiger partial charge in [-0.2, -0.15) is 13.2 Å². The fourth-order valence-corrected chi connectivity index (χ4v) is 2.05. The number of pyridine rings is 1. The zero-order valence-corrected chi connectivity index (χ0v) is 13.9. The predicted octanol–water partition coefficient (Wildman–Crippen LogP) is 3.25. The van der Waals surface area contributed by atoms with Crippen molar-refractivity contribution in [1.82, 2.24) is 15.0 Å². The highest BCUT2D eigenvalue weighted by molar-refractivity contribution is 6.33. The Kier molecular flexibility index (Phi) is 6.10. The van der Waals surface area contributed by atoms with Gasteiger partial charge in [-0.25, -0.2) is 15.0 Å². The summed E-state index contributed by atoms with van der Waals surface area (Å²) in [5.74, 6) is -0.587. The van der Waals surface area contributed by atoms with Crippen LogP contribution in [0.2, 0.25) is 5.02 Å². The molecular formula is C13H12ClF3N6O3. The van der Waals surface area contributed by atoms with Crippen molar-refractivity contribution in [3.05, 3.63) is 39.3 Å². The minimum atomic E-state index is -4.62. The van der Waals surface area contributed by atoms with Gasteiger partial charge in [-0.15, -0.1) is 0 Å². The Morgan fingerprint density at radius 3 is 2.54 bits per heavy atom. The zero-order chi connectivity index (χ0) is 19.3. The Balaban J connectivity index is 2.34. The normalized spacial score (nSPS) is 11.3. The molecule has 0 aliphatic rings. The van der Waals surface area contributed by atoms with Gasteiger partial charge in [-0.3, -0.25) is 10.1 Å². The molecule has 2 rings (SSSR count). The summed E-state index contributed by atoms with van der Waals surface area (Å²) in [6, 6.07) is 0.654. The van der Waals surface area contributed by atoms with Crippen LogP contribution < -0.4 is 10.6 Å². The highest BCUT2D eigenvalue weighted by Crippen LogP contribution is 2.35. The molecule has 13 heteroatoms. The van der Waals surface area contributed by atoms with Crippen LogP contribution in [0.3, 0.4) is 0 Å². The fourth-order valence-electron chi connectivity index (χ4n) is 1.84. The Hall–Kier alpha value is -2.73. The van der Waals surface area contributed by atoms with Crippen LogP contribution in [0.15, 0.2) is 18.6 Å². The first-order chi connectivity index (χ1) is 12.2. The van der Waals surface area contributed by atoms with E-state index in [9.17, 15) is 23.3 Å². The second-order valence-electron chi connectivity index (χ2n) is 4.77. The molecule has 0 fully saturated rings. The molecule has 9 nitrogen and oxygen atoms in total. The van der Waals surface area contributed by atoms with Gasteiger partial charge < -0.3 is 15.4 Å². The highest BCUT2D eigenvalue weighted by atomic mass is 35.5. The number of hydrogen-bond acceptors (Lipinski definition) is 8. The number of anilines is 3. The smallest absolute Gasteiger partial charge is 0.383 e. The van der Waals surface area contributed by atoms with E-state index in [1.54, 1.807) is 0 Å². The predicted molar refractivity (Wildman–Crippen MR) is 86.6 cm³/mol. The van der Waals surface area contributed by atoms with Gasteiger partial charge >= 0.3 is 11.9 Å². The van der Waals surface area contributed by atoms with Gasteiger partial charge in [-0.1, -0.05) is 11.6 Å². The van der Waals surface area contributed by atoms with Gasteiger partial charge in [0.1, 0.15) is 6.33 Å². The van der Waals surface area contributed by atoms with Gasteiger partial charge in [0.15, 0.2) is 5.82 Å². The molecule has 0 amide bonds. The van der Waals surface area contributed by atoms with Gasteiger partial charge in [0.25, 0.3) is 0 Å². The number of halogens is 4. The number of nitrogens with zero attached hydrogens (tertiary/aromatic N) is 4. The molecule has 0 bridgehead atoms. The third-order valence-electron chi connectivity index (χ3n) is 3.01. The van der Waals surface area contributed by atoms with Crippen molar-refractivity contribution in [1.29, 1.82) is 0 Å². The van der Waals surface area contributed by atoms with Gasteiger partial charge in [-0.05, 0) is 6.07 Å². The van der Waals surface area contributed by atoms with Crippen LogP contribution >= 0.6 is 11.6 Å². The van der Waals surface area contributed by atoms with E-state index in [4.69, 9.17) is 16.3 Å². The van der Waals surface area contributed by atoms with Crippen LogP contribution in [0.1, 0.15) is 5.56 Å². The van der Waals surface area contributed by atoms with E-state index in [2.05, 4.69) is 25.6 Å².